The van der Waals surface area contributed by atoms with E-state index in [4.69, 9.17) is 16.3 Å². The minimum Gasteiger partial charge on any atom is -0.497 e. The molecule has 2 heterocycles. The second-order valence-corrected chi connectivity index (χ2v) is 7.71. The maximum Gasteiger partial charge on any atom is 0.288 e. The third-order valence-corrected chi connectivity index (χ3v) is 5.56. The quantitative estimate of drug-likeness (QED) is 0.356. The fourth-order valence-electron chi connectivity index (χ4n) is 2.83. The van der Waals surface area contributed by atoms with Gasteiger partial charge in [0.05, 0.1) is 27.9 Å². The fraction of sp³-hybridized carbons (Fsp3) is 0.105. The zero-order chi connectivity index (χ0) is 21.4. The van der Waals surface area contributed by atoms with Crippen molar-refractivity contribution >= 4 is 50.6 Å². The number of fused-ring (bicyclic) bond motifs is 1. The number of nitro benzene ring substituents is 1. The molecule has 0 aliphatic rings. The Hall–Kier alpha value is -3.50. The van der Waals surface area contributed by atoms with Crippen LogP contribution in [0.2, 0.25) is 5.02 Å². The molecule has 0 radical (unpaired) electrons. The number of hydrogen-bond donors (Lipinski definition) is 1. The van der Waals surface area contributed by atoms with Crippen molar-refractivity contribution in [1.82, 2.24) is 14.8 Å². The number of carbonyl (C=O) groups is 1. The summed E-state index contributed by atoms with van der Waals surface area (Å²) in [4.78, 5) is 27.7. The molecular weight excluding hydrogens is 430 g/mol. The largest absolute Gasteiger partial charge is 0.497 e. The number of ether oxygens (including phenoxy) is 1. The molecule has 9 nitrogen and oxygen atoms in total. The van der Waals surface area contributed by atoms with Crippen molar-refractivity contribution in [3.8, 4) is 10.9 Å². The molecule has 0 saturated heterocycles. The molecule has 0 bridgehead atoms. The Balaban J connectivity index is 1.68. The number of nitrogens with one attached hydrogen (secondary N) is 1. The Bertz CT molecular complexity index is 1300. The average molecular weight is 444 g/mol. The second kappa shape index (κ2) is 7.73. The van der Waals surface area contributed by atoms with Crippen molar-refractivity contribution < 1.29 is 14.5 Å². The van der Waals surface area contributed by atoms with Crippen molar-refractivity contribution in [1.29, 1.82) is 0 Å². The molecule has 152 valence electrons. The molecule has 2 aromatic carbocycles. The SMILES string of the molecule is COc1ccc2nc(-n3nc(C)cc3NC(=O)c3ccc(Cl)c([N+](=O)[O-])c3)sc2c1. The number of rotatable bonds is 5. The van der Waals surface area contributed by atoms with Crippen LogP contribution in [0.15, 0.2) is 42.5 Å². The molecule has 0 unspecified atom stereocenters. The third-order valence-electron chi connectivity index (χ3n) is 4.24. The predicted octanol–water partition coefficient (Wildman–Crippen LogP) is 4.61. The number of aryl methyl sites for hydroxylation is 1. The van der Waals surface area contributed by atoms with Gasteiger partial charge < -0.3 is 10.1 Å². The summed E-state index contributed by atoms with van der Waals surface area (Å²) < 4.78 is 7.67. The van der Waals surface area contributed by atoms with Gasteiger partial charge in [0.1, 0.15) is 16.6 Å². The highest BCUT2D eigenvalue weighted by Crippen LogP contribution is 2.30. The third kappa shape index (κ3) is 3.70. The van der Waals surface area contributed by atoms with Crippen LogP contribution in [-0.4, -0.2) is 32.7 Å². The number of nitro groups is 1. The standard InChI is InChI=1S/C19H14ClN5O4S/c1-10-7-17(22-18(26)11-3-5-13(20)15(8-11)25(27)28)24(23-10)19-21-14-6-4-12(29-2)9-16(14)30-19/h3-9H,1-2H3,(H,22,26). The molecule has 0 atom stereocenters. The molecule has 0 fully saturated rings. The molecule has 0 aliphatic carbocycles. The van der Waals surface area contributed by atoms with E-state index in [2.05, 4.69) is 15.4 Å². The van der Waals surface area contributed by atoms with E-state index in [-0.39, 0.29) is 16.3 Å². The average Bonchev–Trinajstić information content (AvgIpc) is 3.30. The maximum atomic E-state index is 12.7. The Morgan fingerprint density at radius 3 is 2.80 bits per heavy atom. The van der Waals surface area contributed by atoms with E-state index in [0.29, 0.717) is 22.4 Å². The van der Waals surface area contributed by atoms with E-state index in [9.17, 15) is 14.9 Å². The van der Waals surface area contributed by atoms with Gasteiger partial charge in [-0.05, 0) is 37.3 Å². The monoisotopic (exact) mass is 443 g/mol. The van der Waals surface area contributed by atoms with Gasteiger partial charge in [-0.2, -0.15) is 9.78 Å². The van der Waals surface area contributed by atoms with Crippen LogP contribution in [0.4, 0.5) is 11.5 Å². The van der Waals surface area contributed by atoms with Crippen LogP contribution in [-0.2, 0) is 0 Å². The van der Waals surface area contributed by atoms with E-state index >= 15 is 0 Å². The Labute approximate surface area is 179 Å². The Kier molecular flexibility index (Phi) is 5.10. The van der Waals surface area contributed by atoms with Crippen LogP contribution in [0.5, 0.6) is 5.75 Å². The zero-order valence-electron chi connectivity index (χ0n) is 15.7. The summed E-state index contributed by atoms with van der Waals surface area (Å²) in [6.07, 6.45) is 0. The van der Waals surface area contributed by atoms with Crippen molar-refractivity contribution in [3.63, 3.8) is 0 Å². The van der Waals surface area contributed by atoms with Crippen LogP contribution in [0.25, 0.3) is 15.3 Å². The van der Waals surface area contributed by atoms with Crippen LogP contribution >= 0.6 is 22.9 Å². The maximum absolute atomic E-state index is 12.7. The van der Waals surface area contributed by atoms with E-state index < -0.39 is 10.8 Å². The number of halogens is 1. The van der Waals surface area contributed by atoms with Crippen LogP contribution in [0, 0.1) is 17.0 Å². The van der Waals surface area contributed by atoms with Gasteiger partial charge in [0.2, 0.25) is 5.13 Å². The first-order chi connectivity index (χ1) is 14.4. The number of amides is 1. The first-order valence-electron chi connectivity index (χ1n) is 8.62. The van der Waals surface area contributed by atoms with Gasteiger partial charge in [-0.3, -0.25) is 14.9 Å². The minimum atomic E-state index is -0.636. The van der Waals surface area contributed by atoms with Crippen molar-refractivity contribution in [2.75, 3.05) is 12.4 Å². The number of hydrogen-bond acceptors (Lipinski definition) is 7. The number of carbonyl (C=O) groups excluding carboxylic acids is 1. The summed E-state index contributed by atoms with van der Waals surface area (Å²) in [6.45, 7) is 1.79. The van der Waals surface area contributed by atoms with Crippen molar-refractivity contribution in [2.24, 2.45) is 0 Å². The highest BCUT2D eigenvalue weighted by Gasteiger charge is 2.19. The number of nitrogens with zero attached hydrogens (tertiary/aromatic N) is 4. The lowest BCUT2D eigenvalue weighted by atomic mass is 10.2. The fourth-order valence-corrected chi connectivity index (χ4v) is 3.97. The molecule has 4 aromatic rings. The van der Waals surface area contributed by atoms with E-state index in [1.54, 1.807) is 20.1 Å². The van der Waals surface area contributed by atoms with Crippen molar-refractivity contribution in [2.45, 2.75) is 6.92 Å². The molecule has 0 saturated carbocycles. The first-order valence-corrected chi connectivity index (χ1v) is 9.82. The number of aromatic nitrogens is 3. The highest BCUT2D eigenvalue weighted by molar-refractivity contribution is 7.20. The van der Waals surface area contributed by atoms with Crippen LogP contribution in [0.1, 0.15) is 16.1 Å². The smallest absolute Gasteiger partial charge is 0.288 e. The molecule has 4 rings (SSSR count). The summed E-state index contributed by atoms with van der Waals surface area (Å²) in [6, 6.07) is 11.1. The summed E-state index contributed by atoms with van der Waals surface area (Å²) in [5.74, 6) is 0.576. The lowest BCUT2D eigenvalue weighted by Crippen LogP contribution is -2.15. The zero-order valence-corrected chi connectivity index (χ0v) is 17.3. The van der Waals surface area contributed by atoms with Crippen LogP contribution < -0.4 is 10.1 Å². The molecule has 1 N–H and O–H groups in total. The molecule has 1 amide bonds. The normalized spacial score (nSPS) is 10.9. The van der Waals surface area contributed by atoms with Gasteiger partial charge >= 0.3 is 0 Å². The van der Waals surface area contributed by atoms with E-state index in [0.717, 1.165) is 16.3 Å². The number of thiazole rings is 1. The minimum absolute atomic E-state index is 0.0395. The summed E-state index contributed by atoms with van der Waals surface area (Å²) >= 11 is 7.21. The van der Waals surface area contributed by atoms with Crippen LogP contribution in [0.3, 0.4) is 0 Å². The molecule has 0 spiro atoms. The number of anilines is 1. The number of methoxy groups -OCH3 is 1. The van der Waals surface area contributed by atoms with Crippen molar-refractivity contribution in [3.05, 3.63) is 68.9 Å². The summed E-state index contributed by atoms with van der Waals surface area (Å²) in [5.41, 5.74) is 1.21. The Morgan fingerprint density at radius 1 is 1.27 bits per heavy atom. The van der Waals surface area contributed by atoms with Gasteiger partial charge in [0.15, 0.2) is 0 Å². The van der Waals surface area contributed by atoms with Gasteiger partial charge in [0, 0.05) is 17.7 Å². The van der Waals surface area contributed by atoms with E-state index in [1.165, 1.54) is 28.2 Å². The second-order valence-electron chi connectivity index (χ2n) is 6.29. The summed E-state index contributed by atoms with van der Waals surface area (Å²) in [5, 5.41) is 18.8. The lowest BCUT2D eigenvalue weighted by Gasteiger charge is -2.07. The van der Waals surface area contributed by atoms with Gasteiger partial charge in [-0.15, -0.1) is 0 Å². The molecule has 2 aromatic heterocycles. The molecule has 0 aliphatic heterocycles. The number of benzene rings is 2. The lowest BCUT2D eigenvalue weighted by molar-refractivity contribution is -0.384. The Morgan fingerprint density at radius 2 is 2.07 bits per heavy atom. The molecular formula is C19H14ClN5O4S. The summed E-state index contributed by atoms with van der Waals surface area (Å²) in [7, 11) is 1.59. The van der Waals surface area contributed by atoms with Gasteiger partial charge in [0.25, 0.3) is 11.6 Å². The first kappa shape index (κ1) is 19.8. The highest BCUT2D eigenvalue weighted by atomic mass is 35.5. The predicted molar refractivity (Wildman–Crippen MR) is 114 cm³/mol. The topological polar surface area (TPSA) is 112 Å². The molecule has 30 heavy (non-hydrogen) atoms. The van der Waals surface area contributed by atoms with E-state index in [1.807, 2.05) is 18.2 Å². The van der Waals surface area contributed by atoms with Gasteiger partial charge in [-0.25, -0.2) is 4.98 Å². The molecule has 11 heteroatoms. The van der Waals surface area contributed by atoms with Gasteiger partial charge in [-0.1, -0.05) is 22.9 Å².